The summed E-state index contributed by atoms with van der Waals surface area (Å²) < 4.78 is 13.7. The van der Waals surface area contributed by atoms with Gasteiger partial charge in [-0.15, -0.1) is 0 Å². The van der Waals surface area contributed by atoms with Crippen LogP contribution in [-0.2, 0) is 17.6 Å². The number of anilines is 1. The minimum Gasteiger partial charge on any atom is -0.361 e. The van der Waals surface area contributed by atoms with E-state index in [4.69, 9.17) is 0 Å². The fourth-order valence-electron chi connectivity index (χ4n) is 3.74. The Morgan fingerprint density at radius 1 is 1.03 bits per heavy atom. The molecule has 3 N–H and O–H groups in total. The van der Waals surface area contributed by atoms with E-state index in [-0.39, 0.29) is 17.7 Å². The molecule has 0 bridgehead atoms. The molecule has 34 heavy (non-hydrogen) atoms. The van der Waals surface area contributed by atoms with Crippen molar-refractivity contribution in [2.24, 2.45) is 4.99 Å². The number of hydrogen-bond acceptors (Lipinski definition) is 4. The van der Waals surface area contributed by atoms with Gasteiger partial charge in [0.15, 0.2) is 0 Å². The van der Waals surface area contributed by atoms with Crippen LogP contribution >= 0.6 is 0 Å². The Morgan fingerprint density at radius 3 is 2.56 bits per heavy atom. The molecule has 0 radical (unpaired) electrons. The van der Waals surface area contributed by atoms with Crippen LogP contribution in [-0.4, -0.2) is 33.4 Å². The number of aromatic nitrogens is 3. The Balaban J connectivity index is 1.46. The molecule has 0 fully saturated rings. The van der Waals surface area contributed by atoms with E-state index < -0.39 is 0 Å². The van der Waals surface area contributed by atoms with Crippen molar-refractivity contribution in [3.63, 3.8) is 0 Å². The number of H-pyrrole nitrogens is 1. The maximum absolute atomic E-state index is 13.7. The number of aryl methyl sites for hydroxylation is 3. The summed E-state index contributed by atoms with van der Waals surface area (Å²) >= 11 is 0. The van der Waals surface area contributed by atoms with Crippen LogP contribution < -0.4 is 10.6 Å². The Hall–Kier alpha value is -4.07. The summed E-state index contributed by atoms with van der Waals surface area (Å²) in [6.07, 6.45) is 3.38. The highest BCUT2D eigenvalue weighted by molar-refractivity contribution is 6.03. The molecule has 2 aromatic carbocycles. The van der Waals surface area contributed by atoms with Gasteiger partial charge in [0.1, 0.15) is 5.82 Å². The van der Waals surface area contributed by atoms with Gasteiger partial charge in [-0.2, -0.15) is 0 Å². The zero-order valence-corrected chi connectivity index (χ0v) is 19.2. The number of nitrogens with one attached hydrogen (secondary N) is 3. The Bertz CT molecular complexity index is 1300. The summed E-state index contributed by atoms with van der Waals surface area (Å²) in [5, 5.41) is 6.73. The fraction of sp³-hybridized carbons (Fsp3) is 0.231. The first-order valence-electron chi connectivity index (χ1n) is 11.2. The Kier molecular flexibility index (Phi) is 7.27. The molecular weight excluding hydrogens is 431 g/mol. The van der Waals surface area contributed by atoms with Crippen LogP contribution in [0.3, 0.4) is 0 Å². The fourth-order valence-corrected chi connectivity index (χ4v) is 3.74. The lowest BCUT2D eigenvalue weighted by molar-refractivity contribution is -0.119. The highest BCUT2D eigenvalue weighted by Gasteiger charge is 2.10. The molecule has 0 aliphatic heterocycles. The van der Waals surface area contributed by atoms with Gasteiger partial charge in [-0.25, -0.2) is 14.4 Å². The lowest BCUT2D eigenvalue weighted by Gasteiger charge is -2.12. The molecule has 174 valence electrons. The van der Waals surface area contributed by atoms with Crippen molar-refractivity contribution in [1.82, 2.24) is 20.3 Å². The average Bonchev–Trinajstić information content (AvgIpc) is 3.19. The minimum atomic E-state index is -0.281. The van der Waals surface area contributed by atoms with Gasteiger partial charge in [0.05, 0.1) is 0 Å². The van der Waals surface area contributed by atoms with E-state index in [9.17, 15) is 9.18 Å². The third-order valence-electron chi connectivity index (χ3n) is 5.33. The van der Waals surface area contributed by atoms with Gasteiger partial charge >= 0.3 is 0 Å². The van der Waals surface area contributed by atoms with Crippen LogP contribution in [0.15, 0.2) is 65.8 Å². The number of nitrogens with zero attached hydrogens (tertiary/aromatic N) is 3. The van der Waals surface area contributed by atoms with Gasteiger partial charge in [-0.05, 0) is 62.1 Å². The maximum atomic E-state index is 13.7. The van der Waals surface area contributed by atoms with Gasteiger partial charge in [-0.1, -0.05) is 30.3 Å². The standard InChI is InChI=1S/C26H27FN6O/c1-17-14-18(2)31-26(30-17)33-25(32-24(34)11-8-19-6-4-3-5-7-19)28-13-12-20-16-29-23-10-9-21(27)15-22(20)23/h3-7,9-10,14-16,29H,8,11-13H2,1-2H3,(H2,28,30,31,32,33,34). The van der Waals surface area contributed by atoms with Crippen LogP contribution in [0, 0.1) is 19.7 Å². The number of aromatic amines is 1. The molecule has 1 amide bonds. The van der Waals surface area contributed by atoms with Gasteiger partial charge < -0.3 is 4.98 Å². The quantitative estimate of drug-likeness (QED) is 0.281. The number of carbonyl (C=O) groups excluding carboxylic acids is 1. The number of fused-ring (bicyclic) bond motifs is 1. The molecular formula is C26H27FN6O. The van der Waals surface area contributed by atoms with Crippen LogP contribution in [0.25, 0.3) is 10.9 Å². The largest absolute Gasteiger partial charge is 0.361 e. The number of rotatable bonds is 7. The van der Waals surface area contributed by atoms with Crippen LogP contribution in [0.4, 0.5) is 10.3 Å². The summed E-state index contributed by atoms with van der Waals surface area (Å²) in [5.41, 5.74) is 4.54. The minimum absolute atomic E-state index is 0.159. The van der Waals surface area contributed by atoms with Crippen LogP contribution in [0.5, 0.6) is 0 Å². The highest BCUT2D eigenvalue weighted by Crippen LogP contribution is 2.19. The lowest BCUT2D eigenvalue weighted by Crippen LogP contribution is -2.37. The highest BCUT2D eigenvalue weighted by atomic mass is 19.1. The van der Waals surface area contributed by atoms with Crippen molar-refractivity contribution in [3.05, 3.63) is 89.1 Å². The third-order valence-corrected chi connectivity index (χ3v) is 5.33. The second kappa shape index (κ2) is 10.7. The topological polar surface area (TPSA) is 95.1 Å². The summed E-state index contributed by atoms with van der Waals surface area (Å²) in [4.78, 5) is 29.1. The smallest absolute Gasteiger partial charge is 0.229 e. The summed E-state index contributed by atoms with van der Waals surface area (Å²) in [7, 11) is 0. The molecule has 0 saturated carbocycles. The van der Waals surface area contributed by atoms with Gasteiger partial charge in [0.2, 0.25) is 17.8 Å². The molecule has 0 atom stereocenters. The van der Waals surface area contributed by atoms with E-state index in [0.29, 0.717) is 31.8 Å². The van der Waals surface area contributed by atoms with Crippen molar-refractivity contribution in [2.45, 2.75) is 33.1 Å². The summed E-state index contributed by atoms with van der Waals surface area (Å²) in [6, 6.07) is 16.4. The normalized spacial score (nSPS) is 11.6. The first-order valence-corrected chi connectivity index (χ1v) is 11.2. The molecule has 7 nitrogen and oxygen atoms in total. The molecule has 4 aromatic rings. The maximum Gasteiger partial charge on any atom is 0.229 e. The number of guanidine groups is 1. The van der Waals surface area contributed by atoms with E-state index in [1.807, 2.05) is 56.4 Å². The van der Waals surface area contributed by atoms with Crippen LogP contribution in [0.2, 0.25) is 0 Å². The van der Waals surface area contributed by atoms with Crippen molar-refractivity contribution in [3.8, 4) is 0 Å². The SMILES string of the molecule is Cc1cc(C)nc(NC(=NCCc2c[nH]c3ccc(F)cc23)NC(=O)CCc2ccccc2)n1. The van der Waals surface area contributed by atoms with Gasteiger partial charge in [0.25, 0.3) is 0 Å². The van der Waals surface area contributed by atoms with Crippen LogP contribution in [0.1, 0.15) is 28.9 Å². The lowest BCUT2D eigenvalue weighted by atomic mass is 10.1. The molecule has 2 heterocycles. The first-order chi connectivity index (χ1) is 16.5. The van der Waals surface area contributed by atoms with Crippen molar-refractivity contribution in [2.75, 3.05) is 11.9 Å². The number of aliphatic imine (C=N–C) groups is 1. The van der Waals surface area contributed by atoms with E-state index in [2.05, 4.69) is 30.6 Å². The van der Waals surface area contributed by atoms with E-state index in [1.54, 1.807) is 6.07 Å². The predicted molar refractivity (Wildman–Crippen MR) is 132 cm³/mol. The molecule has 4 rings (SSSR count). The predicted octanol–water partition coefficient (Wildman–Crippen LogP) is 4.47. The molecule has 0 saturated heterocycles. The summed E-state index contributed by atoms with van der Waals surface area (Å²) in [6.45, 7) is 4.14. The molecule has 0 spiro atoms. The Labute approximate surface area is 197 Å². The number of carbonyl (C=O) groups is 1. The zero-order valence-electron chi connectivity index (χ0n) is 19.2. The average molecular weight is 459 g/mol. The van der Waals surface area contributed by atoms with E-state index >= 15 is 0 Å². The second-order valence-electron chi connectivity index (χ2n) is 8.12. The zero-order chi connectivity index (χ0) is 23.9. The first kappa shape index (κ1) is 23.1. The summed E-state index contributed by atoms with van der Waals surface area (Å²) in [5.74, 6) is 0.216. The Morgan fingerprint density at radius 2 is 1.79 bits per heavy atom. The number of benzene rings is 2. The monoisotopic (exact) mass is 458 g/mol. The second-order valence-corrected chi connectivity index (χ2v) is 8.12. The van der Waals surface area contributed by atoms with Gasteiger partial charge in [0, 0.05) is 41.5 Å². The van der Waals surface area contributed by atoms with E-state index in [0.717, 1.165) is 33.4 Å². The molecule has 8 heteroatoms. The number of halogens is 1. The van der Waals surface area contributed by atoms with Crippen molar-refractivity contribution >= 4 is 28.7 Å². The van der Waals surface area contributed by atoms with Crippen molar-refractivity contribution in [1.29, 1.82) is 0 Å². The molecule has 0 aliphatic rings. The molecule has 0 aliphatic carbocycles. The molecule has 0 unspecified atom stereocenters. The van der Waals surface area contributed by atoms with Crippen molar-refractivity contribution < 1.29 is 9.18 Å². The van der Waals surface area contributed by atoms with E-state index in [1.165, 1.54) is 12.1 Å². The number of amides is 1. The van der Waals surface area contributed by atoms with Gasteiger partial charge in [-0.3, -0.25) is 20.4 Å². The molecule has 2 aromatic heterocycles. The third kappa shape index (κ3) is 6.25. The number of hydrogen-bond donors (Lipinski definition) is 3.